The Morgan fingerprint density at radius 3 is 2.59 bits per heavy atom. The Morgan fingerprint density at radius 1 is 1.00 bits per heavy atom. The van der Waals surface area contributed by atoms with Crippen molar-refractivity contribution in [3.05, 3.63) is 95.0 Å². The molecule has 170 valence electrons. The van der Waals surface area contributed by atoms with E-state index in [9.17, 15) is 14.0 Å². The number of nitrogens with zero attached hydrogens (tertiary/aromatic N) is 4. The summed E-state index contributed by atoms with van der Waals surface area (Å²) in [6, 6.07) is 13.4. The predicted molar refractivity (Wildman–Crippen MR) is 120 cm³/mol. The fourth-order valence-corrected chi connectivity index (χ4v) is 3.58. The molecule has 3 aromatic heterocycles. The molecule has 2 amide bonds. The van der Waals surface area contributed by atoms with Gasteiger partial charge in [-0.25, -0.2) is 9.37 Å². The fraction of sp³-hybridized carbons (Fsp3) is 0.125. The normalized spacial score (nSPS) is 11.1. The largest absolute Gasteiger partial charge is 0.464 e. The van der Waals surface area contributed by atoms with Crippen LogP contribution in [-0.4, -0.2) is 31.4 Å². The van der Waals surface area contributed by atoms with Crippen LogP contribution in [0.4, 0.5) is 4.39 Å². The highest BCUT2D eigenvalue weighted by Gasteiger charge is 2.18. The Morgan fingerprint density at radius 2 is 1.76 bits per heavy atom. The molecule has 5 rings (SSSR count). The Hall–Kier alpha value is -4.60. The summed E-state index contributed by atoms with van der Waals surface area (Å²) in [4.78, 5) is 33.9. The van der Waals surface area contributed by atoms with Crippen LogP contribution in [0.5, 0.6) is 0 Å². The lowest BCUT2D eigenvalue weighted by atomic mass is 10.1. The van der Waals surface area contributed by atoms with E-state index < -0.39 is 11.8 Å². The zero-order valence-electron chi connectivity index (χ0n) is 18.1. The van der Waals surface area contributed by atoms with E-state index in [-0.39, 0.29) is 36.1 Å². The van der Waals surface area contributed by atoms with E-state index in [4.69, 9.17) is 4.42 Å². The number of aromatic nitrogens is 4. The van der Waals surface area contributed by atoms with Crippen molar-refractivity contribution in [3.8, 4) is 0 Å². The van der Waals surface area contributed by atoms with Gasteiger partial charge in [0.15, 0.2) is 0 Å². The third-order valence-electron chi connectivity index (χ3n) is 5.36. The topological polar surface area (TPSA) is 114 Å². The Kier molecular flexibility index (Phi) is 5.46. The monoisotopic (exact) mass is 458 g/mol. The lowest BCUT2D eigenvalue weighted by molar-refractivity contribution is 0.0942. The Labute approximate surface area is 192 Å². The van der Waals surface area contributed by atoms with Crippen LogP contribution < -0.4 is 10.6 Å². The van der Waals surface area contributed by atoms with E-state index in [2.05, 4.69) is 25.7 Å². The lowest BCUT2D eigenvalue weighted by Crippen LogP contribution is -2.28. The first-order valence-corrected chi connectivity index (χ1v) is 10.5. The van der Waals surface area contributed by atoms with Crippen LogP contribution >= 0.6 is 0 Å². The van der Waals surface area contributed by atoms with Crippen molar-refractivity contribution in [1.82, 2.24) is 30.2 Å². The third-order valence-corrected chi connectivity index (χ3v) is 5.36. The summed E-state index contributed by atoms with van der Waals surface area (Å²) in [6.45, 7) is 2.10. The molecule has 0 unspecified atom stereocenters. The van der Waals surface area contributed by atoms with Crippen LogP contribution in [0, 0.1) is 12.7 Å². The number of fused-ring (bicyclic) bond motifs is 2. The van der Waals surface area contributed by atoms with E-state index in [0.717, 1.165) is 22.1 Å². The summed E-state index contributed by atoms with van der Waals surface area (Å²) in [7, 11) is 0. The molecule has 9 nitrogen and oxygen atoms in total. The summed E-state index contributed by atoms with van der Waals surface area (Å²) >= 11 is 0. The number of amides is 2. The lowest BCUT2D eigenvalue weighted by Gasteiger charge is -2.10. The van der Waals surface area contributed by atoms with E-state index in [1.807, 2.05) is 24.3 Å². The molecule has 0 bridgehead atoms. The summed E-state index contributed by atoms with van der Waals surface area (Å²) in [6.07, 6.45) is 2.87. The number of benzene rings is 2. The molecular formula is C24H19FN6O3. The van der Waals surface area contributed by atoms with E-state index in [0.29, 0.717) is 5.56 Å². The molecule has 5 aromatic rings. The molecule has 0 aliphatic rings. The second-order valence-electron chi connectivity index (χ2n) is 7.74. The minimum atomic E-state index is -0.494. The molecule has 0 spiro atoms. The van der Waals surface area contributed by atoms with Crippen LogP contribution in [0.1, 0.15) is 37.7 Å². The number of rotatable bonds is 6. The zero-order valence-corrected chi connectivity index (χ0v) is 18.1. The highest BCUT2D eigenvalue weighted by atomic mass is 19.1. The standard InChI is InChI=1S/C24H19FN6O3/c1-14-8-15(2-4-18(14)25)11-26-22(32)19-10-20(31-24(30-19)28-13-29-31)23(33)27-12-16-3-5-21-17(9-16)6-7-34-21/h2-10,13H,11-12H2,1H3,(H,26,32)(H,27,33). The summed E-state index contributed by atoms with van der Waals surface area (Å²) in [5, 5.41) is 10.5. The molecule has 0 fully saturated rings. The number of carbonyl (C=O) groups excluding carboxylic acids is 2. The molecule has 34 heavy (non-hydrogen) atoms. The minimum absolute atomic E-state index is 0.0179. The van der Waals surface area contributed by atoms with E-state index in [1.165, 1.54) is 23.0 Å². The molecule has 0 aliphatic heterocycles. The molecule has 2 N–H and O–H groups in total. The zero-order chi connectivity index (χ0) is 23.7. The van der Waals surface area contributed by atoms with Crippen LogP contribution in [0.25, 0.3) is 16.7 Å². The molecule has 0 saturated heterocycles. The van der Waals surface area contributed by atoms with Crippen molar-refractivity contribution < 1.29 is 18.4 Å². The molecule has 0 aliphatic carbocycles. The van der Waals surface area contributed by atoms with Crippen LogP contribution in [-0.2, 0) is 13.1 Å². The van der Waals surface area contributed by atoms with Gasteiger partial charge in [0.2, 0.25) is 0 Å². The SMILES string of the molecule is Cc1cc(CNC(=O)c2cc(C(=O)NCc3ccc4occc4c3)n3ncnc3n2)ccc1F. The molecule has 3 heterocycles. The van der Waals surface area contributed by atoms with Gasteiger partial charge in [0.1, 0.15) is 29.1 Å². The summed E-state index contributed by atoms with van der Waals surface area (Å²) < 4.78 is 20.1. The fourth-order valence-electron chi connectivity index (χ4n) is 3.58. The maximum atomic E-state index is 13.5. The van der Waals surface area contributed by atoms with Crippen molar-refractivity contribution in [1.29, 1.82) is 0 Å². The Balaban J connectivity index is 1.33. The van der Waals surface area contributed by atoms with Gasteiger partial charge in [-0.05, 0) is 47.9 Å². The first-order valence-electron chi connectivity index (χ1n) is 10.5. The summed E-state index contributed by atoms with van der Waals surface area (Å²) in [5.41, 5.74) is 3.02. The van der Waals surface area contributed by atoms with Gasteiger partial charge in [0, 0.05) is 24.5 Å². The van der Waals surface area contributed by atoms with Crippen LogP contribution in [0.2, 0.25) is 0 Å². The predicted octanol–water partition coefficient (Wildman–Crippen LogP) is 3.18. The van der Waals surface area contributed by atoms with Gasteiger partial charge in [-0.3, -0.25) is 9.59 Å². The van der Waals surface area contributed by atoms with Crippen LogP contribution in [0.3, 0.4) is 0 Å². The molecule has 10 heteroatoms. The maximum Gasteiger partial charge on any atom is 0.270 e. The molecule has 0 atom stereocenters. The van der Waals surface area contributed by atoms with Gasteiger partial charge in [-0.15, -0.1) is 0 Å². The number of hydrogen-bond donors (Lipinski definition) is 2. The average molecular weight is 458 g/mol. The van der Waals surface area contributed by atoms with Gasteiger partial charge in [0.05, 0.1) is 6.26 Å². The smallest absolute Gasteiger partial charge is 0.270 e. The molecule has 2 aromatic carbocycles. The number of aryl methyl sites for hydroxylation is 1. The van der Waals surface area contributed by atoms with Crippen LogP contribution in [0.15, 0.2) is 65.5 Å². The molecule has 0 radical (unpaired) electrons. The van der Waals surface area contributed by atoms with Crippen molar-refractivity contribution in [2.45, 2.75) is 20.0 Å². The van der Waals surface area contributed by atoms with Gasteiger partial charge in [-0.1, -0.05) is 18.2 Å². The maximum absolute atomic E-state index is 13.5. The van der Waals surface area contributed by atoms with Crippen molar-refractivity contribution in [2.75, 3.05) is 0 Å². The second-order valence-corrected chi connectivity index (χ2v) is 7.74. The number of nitrogens with one attached hydrogen (secondary N) is 2. The van der Waals surface area contributed by atoms with Gasteiger partial charge in [0.25, 0.3) is 17.6 Å². The number of carbonyl (C=O) groups is 2. The third kappa shape index (κ3) is 4.20. The minimum Gasteiger partial charge on any atom is -0.464 e. The Bertz CT molecular complexity index is 1540. The second kappa shape index (κ2) is 8.74. The number of halogens is 1. The van der Waals surface area contributed by atoms with Gasteiger partial charge < -0.3 is 15.1 Å². The van der Waals surface area contributed by atoms with Crippen molar-refractivity contribution in [3.63, 3.8) is 0 Å². The van der Waals surface area contributed by atoms with E-state index in [1.54, 1.807) is 25.3 Å². The molecular weight excluding hydrogens is 439 g/mol. The first-order chi connectivity index (χ1) is 16.5. The van der Waals surface area contributed by atoms with Gasteiger partial charge in [-0.2, -0.15) is 14.6 Å². The number of hydrogen-bond acceptors (Lipinski definition) is 6. The highest BCUT2D eigenvalue weighted by Crippen LogP contribution is 2.17. The summed E-state index contributed by atoms with van der Waals surface area (Å²) in [5.74, 6) is -1.12. The van der Waals surface area contributed by atoms with E-state index >= 15 is 0 Å². The highest BCUT2D eigenvalue weighted by molar-refractivity contribution is 5.98. The van der Waals surface area contributed by atoms with Crippen molar-refractivity contribution in [2.24, 2.45) is 0 Å². The average Bonchev–Trinajstić information content (AvgIpc) is 3.51. The van der Waals surface area contributed by atoms with Gasteiger partial charge >= 0.3 is 0 Å². The first kappa shape index (κ1) is 21.3. The molecule has 0 saturated carbocycles. The van der Waals surface area contributed by atoms with Crippen molar-refractivity contribution >= 4 is 28.6 Å². The quantitative estimate of drug-likeness (QED) is 0.404. The number of furan rings is 1.